The van der Waals surface area contributed by atoms with Gasteiger partial charge in [0.05, 0.1) is 0 Å². The lowest BCUT2D eigenvalue weighted by atomic mass is 9.92. The summed E-state index contributed by atoms with van der Waals surface area (Å²) < 4.78 is 2.46. The van der Waals surface area contributed by atoms with Crippen LogP contribution >= 0.6 is 38.5 Å². The zero-order valence-electron chi connectivity index (χ0n) is 11.9. The number of nitrogens with one attached hydrogen (secondary N) is 1. The molecule has 1 aliphatic rings. The first-order valence-electron chi connectivity index (χ1n) is 7.44. The van der Waals surface area contributed by atoms with Crippen molar-refractivity contribution < 1.29 is 0 Å². The van der Waals surface area contributed by atoms with E-state index in [0.29, 0.717) is 5.92 Å². The summed E-state index contributed by atoms with van der Waals surface area (Å²) >= 11 is 5.96. The molecule has 1 saturated carbocycles. The van der Waals surface area contributed by atoms with Crippen LogP contribution in [0.15, 0.2) is 53.0 Å². The van der Waals surface area contributed by atoms with Crippen LogP contribution in [0.25, 0.3) is 0 Å². The second-order valence-electron chi connectivity index (χ2n) is 5.77. The fraction of sp³-hybridized carbons (Fsp3) is 0.333. The van der Waals surface area contributed by atoms with Gasteiger partial charge in [0.1, 0.15) is 0 Å². The number of hydrogen-bond acceptors (Lipinski definition) is 1. The van der Waals surface area contributed by atoms with E-state index in [9.17, 15) is 0 Å². The normalized spacial score (nSPS) is 15.9. The maximum atomic E-state index is 3.69. The van der Waals surface area contributed by atoms with E-state index in [2.05, 4.69) is 92.4 Å². The molecule has 0 aliphatic heterocycles. The van der Waals surface area contributed by atoms with Crippen LogP contribution in [0.1, 0.15) is 29.9 Å². The summed E-state index contributed by atoms with van der Waals surface area (Å²) in [4.78, 5) is 0. The fourth-order valence-electron chi connectivity index (χ4n) is 2.57. The third-order valence-corrected chi connectivity index (χ3v) is 5.16. The number of rotatable bonds is 6. The molecule has 110 valence electrons. The molecule has 0 aromatic heterocycles. The summed E-state index contributed by atoms with van der Waals surface area (Å²) in [6, 6.07) is 18.4. The Hall–Kier alpha value is -0.390. The van der Waals surface area contributed by atoms with Crippen molar-refractivity contribution in [2.45, 2.75) is 31.2 Å². The van der Waals surface area contributed by atoms with Gasteiger partial charge in [0.15, 0.2) is 0 Å². The smallest absolute Gasteiger partial charge is 0.0178 e. The first-order chi connectivity index (χ1) is 10.2. The Morgan fingerprint density at radius 2 is 1.90 bits per heavy atom. The molecule has 0 heterocycles. The summed E-state index contributed by atoms with van der Waals surface area (Å²) in [5, 5.41) is 3.69. The van der Waals surface area contributed by atoms with Gasteiger partial charge in [-0.05, 0) is 77.2 Å². The van der Waals surface area contributed by atoms with Crippen LogP contribution in [0.3, 0.4) is 0 Å². The standard InChI is InChI=1S/C18H19BrIN/c19-16-3-1-2-14(11-16)15(12-21-18-8-9-18)10-13-4-6-17(20)7-5-13/h1-7,11,15,18,21H,8-10,12H2. The molecule has 2 aromatic rings. The van der Waals surface area contributed by atoms with Crippen molar-refractivity contribution in [3.63, 3.8) is 0 Å². The Morgan fingerprint density at radius 1 is 1.14 bits per heavy atom. The molecule has 1 aliphatic carbocycles. The highest BCUT2D eigenvalue weighted by Gasteiger charge is 2.22. The highest BCUT2D eigenvalue weighted by Crippen LogP contribution is 2.26. The summed E-state index contributed by atoms with van der Waals surface area (Å²) in [5.41, 5.74) is 2.83. The maximum Gasteiger partial charge on any atom is 0.0178 e. The molecule has 3 heteroatoms. The predicted molar refractivity (Wildman–Crippen MR) is 101 cm³/mol. The van der Waals surface area contributed by atoms with E-state index in [-0.39, 0.29) is 0 Å². The van der Waals surface area contributed by atoms with Crippen molar-refractivity contribution in [1.82, 2.24) is 5.32 Å². The Morgan fingerprint density at radius 3 is 2.57 bits per heavy atom. The van der Waals surface area contributed by atoms with Gasteiger partial charge in [-0.15, -0.1) is 0 Å². The molecule has 1 unspecified atom stereocenters. The summed E-state index contributed by atoms with van der Waals surface area (Å²) in [5.74, 6) is 0.531. The van der Waals surface area contributed by atoms with Crippen molar-refractivity contribution in [2.24, 2.45) is 0 Å². The summed E-state index contributed by atoms with van der Waals surface area (Å²) in [7, 11) is 0. The zero-order valence-corrected chi connectivity index (χ0v) is 15.6. The van der Waals surface area contributed by atoms with Crippen LogP contribution in [-0.4, -0.2) is 12.6 Å². The molecule has 21 heavy (non-hydrogen) atoms. The van der Waals surface area contributed by atoms with Gasteiger partial charge in [0, 0.05) is 26.5 Å². The average molecular weight is 456 g/mol. The Bertz CT molecular complexity index is 592. The van der Waals surface area contributed by atoms with Crippen LogP contribution in [-0.2, 0) is 6.42 Å². The van der Waals surface area contributed by atoms with E-state index < -0.39 is 0 Å². The van der Waals surface area contributed by atoms with Crippen molar-refractivity contribution in [1.29, 1.82) is 0 Å². The maximum absolute atomic E-state index is 3.69. The van der Waals surface area contributed by atoms with E-state index in [4.69, 9.17) is 0 Å². The molecule has 0 amide bonds. The molecular formula is C18H19BrIN. The number of halogens is 2. The number of benzene rings is 2. The average Bonchev–Trinajstić information content (AvgIpc) is 3.30. The number of hydrogen-bond donors (Lipinski definition) is 1. The highest BCUT2D eigenvalue weighted by molar-refractivity contribution is 14.1. The molecule has 1 atom stereocenters. The molecule has 0 radical (unpaired) electrons. The SMILES string of the molecule is Brc1cccc(C(CNC2CC2)Cc2ccc(I)cc2)c1. The zero-order chi connectivity index (χ0) is 14.7. The third-order valence-electron chi connectivity index (χ3n) is 3.95. The van der Waals surface area contributed by atoms with Crippen LogP contribution in [0.2, 0.25) is 0 Å². The van der Waals surface area contributed by atoms with Crippen molar-refractivity contribution in [3.05, 3.63) is 67.7 Å². The predicted octanol–water partition coefficient (Wildman–Crippen LogP) is 5.13. The Kier molecular flexibility index (Phi) is 5.35. The first kappa shape index (κ1) is 15.5. The minimum absolute atomic E-state index is 0.531. The van der Waals surface area contributed by atoms with Crippen molar-refractivity contribution >= 4 is 38.5 Å². The third kappa shape index (κ3) is 4.80. The van der Waals surface area contributed by atoms with Crippen molar-refractivity contribution in [2.75, 3.05) is 6.54 Å². The van der Waals surface area contributed by atoms with E-state index in [1.807, 2.05) is 0 Å². The van der Waals surface area contributed by atoms with E-state index in [1.54, 1.807) is 0 Å². The van der Waals surface area contributed by atoms with Crippen LogP contribution in [0, 0.1) is 3.57 Å². The largest absolute Gasteiger partial charge is 0.313 e. The van der Waals surface area contributed by atoms with Gasteiger partial charge in [-0.1, -0.05) is 40.2 Å². The van der Waals surface area contributed by atoms with E-state index in [0.717, 1.165) is 19.0 Å². The Labute approximate surface area is 148 Å². The molecule has 1 fully saturated rings. The van der Waals surface area contributed by atoms with Gasteiger partial charge in [-0.3, -0.25) is 0 Å². The monoisotopic (exact) mass is 455 g/mol. The second kappa shape index (κ2) is 7.25. The van der Waals surface area contributed by atoms with Crippen molar-refractivity contribution in [3.8, 4) is 0 Å². The summed E-state index contributed by atoms with van der Waals surface area (Å²) in [6.07, 6.45) is 3.77. The fourth-order valence-corrected chi connectivity index (χ4v) is 3.35. The van der Waals surface area contributed by atoms with Gasteiger partial charge in [-0.2, -0.15) is 0 Å². The van der Waals surface area contributed by atoms with E-state index in [1.165, 1.54) is 32.0 Å². The van der Waals surface area contributed by atoms with E-state index >= 15 is 0 Å². The van der Waals surface area contributed by atoms with Gasteiger partial charge in [0.25, 0.3) is 0 Å². The molecule has 2 aromatic carbocycles. The molecule has 1 N–H and O–H groups in total. The summed E-state index contributed by atoms with van der Waals surface area (Å²) in [6.45, 7) is 1.06. The molecular weight excluding hydrogens is 437 g/mol. The van der Waals surface area contributed by atoms with Gasteiger partial charge < -0.3 is 5.32 Å². The molecule has 0 spiro atoms. The molecule has 0 saturated heterocycles. The lowest BCUT2D eigenvalue weighted by molar-refractivity contribution is 0.577. The molecule has 3 rings (SSSR count). The Balaban J connectivity index is 1.75. The lowest BCUT2D eigenvalue weighted by Crippen LogP contribution is -2.24. The minimum Gasteiger partial charge on any atom is -0.313 e. The van der Waals surface area contributed by atoms with Crippen LogP contribution < -0.4 is 5.32 Å². The highest BCUT2D eigenvalue weighted by atomic mass is 127. The quantitative estimate of drug-likeness (QED) is 0.595. The first-order valence-corrected chi connectivity index (χ1v) is 9.31. The van der Waals surface area contributed by atoms with Gasteiger partial charge in [0.2, 0.25) is 0 Å². The second-order valence-corrected chi connectivity index (χ2v) is 7.93. The molecule has 0 bridgehead atoms. The van der Waals surface area contributed by atoms with Crippen LogP contribution in [0.5, 0.6) is 0 Å². The van der Waals surface area contributed by atoms with Gasteiger partial charge >= 0.3 is 0 Å². The minimum atomic E-state index is 0.531. The topological polar surface area (TPSA) is 12.0 Å². The van der Waals surface area contributed by atoms with Gasteiger partial charge in [-0.25, -0.2) is 0 Å². The van der Waals surface area contributed by atoms with Crippen LogP contribution in [0.4, 0.5) is 0 Å². The molecule has 1 nitrogen and oxygen atoms in total. The lowest BCUT2D eigenvalue weighted by Gasteiger charge is -2.19.